The highest BCUT2D eigenvalue weighted by atomic mass is 28.3. The second kappa shape index (κ2) is 4.38. The molecule has 0 aliphatic rings. The number of allylic oxidation sites excluding steroid dienone is 1. The van der Waals surface area contributed by atoms with E-state index in [2.05, 4.69) is 43.9 Å². The summed E-state index contributed by atoms with van der Waals surface area (Å²) in [5.41, 5.74) is 1.08. The quantitative estimate of drug-likeness (QED) is 0.420. The Morgan fingerprint density at radius 3 is 2.07 bits per heavy atom. The largest absolute Gasteiger partial charge is 0.299 e. The maximum absolute atomic E-state index is 10.1. The molecular formula is C12H16OSi. The van der Waals surface area contributed by atoms with Crippen LogP contribution in [0, 0.1) is 0 Å². The van der Waals surface area contributed by atoms with Crippen molar-refractivity contribution in [3.63, 3.8) is 0 Å². The number of benzene rings is 1. The van der Waals surface area contributed by atoms with Crippen molar-refractivity contribution in [2.45, 2.75) is 19.6 Å². The molecule has 0 radical (unpaired) electrons. The highest BCUT2D eigenvalue weighted by Crippen LogP contribution is 2.05. The molecular weight excluding hydrogens is 188 g/mol. The Labute approximate surface area is 86.5 Å². The number of carbonyl (C=O) groups is 1. The van der Waals surface area contributed by atoms with E-state index >= 15 is 0 Å². The standard InChI is InChI=1S/C12H16OSi/c1-14(2,3)12-8-6-11(7-9-12)5-4-10-13/h4-10H,1-3H3. The predicted molar refractivity (Wildman–Crippen MR) is 64.5 cm³/mol. The van der Waals surface area contributed by atoms with Crippen LogP contribution >= 0.6 is 0 Å². The predicted octanol–water partition coefficient (Wildman–Crippen LogP) is 2.44. The molecule has 0 saturated carbocycles. The molecule has 0 saturated heterocycles. The Hall–Kier alpha value is -1.15. The lowest BCUT2D eigenvalue weighted by molar-refractivity contribution is -0.104. The lowest BCUT2D eigenvalue weighted by Gasteiger charge is -2.16. The third kappa shape index (κ3) is 2.96. The van der Waals surface area contributed by atoms with Crippen LogP contribution in [0.1, 0.15) is 5.56 Å². The van der Waals surface area contributed by atoms with E-state index in [1.807, 2.05) is 6.08 Å². The molecule has 0 aromatic heterocycles. The van der Waals surface area contributed by atoms with Gasteiger partial charge in [-0.05, 0) is 11.6 Å². The van der Waals surface area contributed by atoms with Gasteiger partial charge in [-0.15, -0.1) is 0 Å². The van der Waals surface area contributed by atoms with Crippen LogP contribution in [0.4, 0.5) is 0 Å². The Morgan fingerprint density at radius 2 is 1.64 bits per heavy atom. The second-order valence-corrected chi connectivity index (χ2v) is 9.44. The van der Waals surface area contributed by atoms with Crippen molar-refractivity contribution in [2.75, 3.05) is 0 Å². The van der Waals surface area contributed by atoms with E-state index in [0.29, 0.717) is 0 Å². The molecule has 1 rings (SSSR count). The maximum Gasteiger partial charge on any atom is 0.142 e. The average molecular weight is 204 g/mol. The van der Waals surface area contributed by atoms with Crippen molar-refractivity contribution >= 4 is 25.6 Å². The van der Waals surface area contributed by atoms with Gasteiger partial charge in [0.15, 0.2) is 0 Å². The molecule has 1 nitrogen and oxygen atoms in total. The van der Waals surface area contributed by atoms with Gasteiger partial charge in [0.05, 0.1) is 8.07 Å². The third-order valence-corrected chi connectivity index (χ3v) is 4.21. The molecule has 0 spiro atoms. The summed E-state index contributed by atoms with van der Waals surface area (Å²) in [7, 11) is -1.18. The first-order chi connectivity index (χ1) is 6.54. The van der Waals surface area contributed by atoms with Gasteiger partial charge in [-0.2, -0.15) is 0 Å². The smallest absolute Gasteiger partial charge is 0.142 e. The zero-order valence-electron chi connectivity index (χ0n) is 8.95. The van der Waals surface area contributed by atoms with Gasteiger partial charge >= 0.3 is 0 Å². The summed E-state index contributed by atoms with van der Waals surface area (Å²) in [4.78, 5) is 10.1. The van der Waals surface area contributed by atoms with Crippen molar-refractivity contribution in [1.82, 2.24) is 0 Å². The van der Waals surface area contributed by atoms with Crippen molar-refractivity contribution in [3.8, 4) is 0 Å². The average Bonchev–Trinajstić information content (AvgIpc) is 2.14. The summed E-state index contributed by atoms with van der Waals surface area (Å²) in [6.07, 6.45) is 4.14. The van der Waals surface area contributed by atoms with Crippen LogP contribution in [0.25, 0.3) is 6.08 Å². The van der Waals surface area contributed by atoms with Crippen molar-refractivity contribution in [2.24, 2.45) is 0 Å². The van der Waals surface area contributed by atoms with Crippen LogP contribution in [0.2, 0.25) is 19.6 Å². The van der Waals surface area contributed by atoms with Gasteiger partial charge < -0.3 is 0 Å². The molecule has 0 aliphatic carbocycles. The zero-order chi connectivity index (χ0) is 10.6. The first kappa shape index (κ1) is 10.9. The normalized spacial score (nSPS) is 11.9. The zero-order valence-corrected chi connectivity index (χ0v) is 9.95. The molecule has 0 heterocycles. The van der Waals surface area contributed by atoms with Gasteiger partial charge in [0.25, 0.3) is 0 Å². The minimum Gasteiger partial charge on any atom is -0.299 e. The number of rotatable bonds is 3. The van der Waals surface area contributed by atoms with Crippen LogP contribution in [-0.2, 0) is 4.79 Å². The third-order valence-electron chi connectivity index (χ3n) is 2.14. The molecule has 0 N–H and O–H groups in total. The van der Waals surface area contributed by atoms with E-state index in [1.54, 1.807) is 0 Å². The fourth-order valence-corrected chi connectivity index (χ4v) is 2.41. The van der Waals surface area contributed by atoms with E-state index in [0.717, 1.165) is 11.8 Å². The molecule has 14 heavy (non-hydrogen) atoms. The fourth-order valence-electron chi connectivity index (χ4n) is 1.24. The number of carbonyl (C=O) groups excluding carboxylic acids is 1. The number of aldehydes is 1. The topological polar surface area (TPSA) is 17.1 Å². The van der Waals surface area contributed by atoms with Gasteiger partial charge in [0.2, 0.25) is 0 Å². The summed E-state index contributed by atoms with van der Waals surface area (Å²) >= 11 is 0. The van der Waals surface area contributed by atoms with Gasteiger partial charge in [0.1, 0.15) is 6.29 Å². The van der Waals surface area contributed by atoms with Crippen molar-refractivity contribution in [1.29, 1.82) is 0 Å². The highest BCUT2D eigenvalue weighted by molar-refractivity contribution is 6.88. The molecule has 0 aliphatic heterocycles. The lowest BCUT2D eigenvalue weighted by atomic mass is 10.2. The minimum absolute atomic E-state index is 0.798. The Kier molecular flexibility index (Phi) is 3.41. The molecule has 0 unspecified atom stereocenters. The summed E-state index contributed by atoms with van der Waals surface area (Å²) in [6, 6.07) is 8.45. The Bertz CT molecular complexity index is 330. The van der Waals surface area contributed by atoms with Gasteiger partial charge in [-0.3, -0.25) is 4.79 Å². The van der Waals surface area contributed by atoms with Crippen LogP contribution in [0.3, 0.4) is 0 Å². The molecule has 1 aromatic carbocycles. The Balaban J connectivity index is 2.89. The van der Waals surface area contributed by atoms with Gasteiger partial charge in [0, 0.05) is 0 Å². The first-order valence-corrected chi connectivity index (χ1v) is 8.26. The van der Waals surface area contributed by atoms with E-state index in [4.69, 9.17) is 0 Å². The molecule has 0 atom stereocenters. The molecule has 0 fully saturated rings. The molecule has 0 bridgehead atoms. The second-order valence-electron chi connectivity index (χ2n) is 4.37. The molecule has 2 heteroatoms. The molecule has 0 amide bonds. The lowest BCUT2D eigenvalue weighted by Crippen LogP contribution is -2.37. The monoisotopic (exact) mass is 204 g/mol. The van der Waals surface area contributed by atoms with Gasteiger partial charge in [-0.1, -0.05) is 55.2 Å². The van der Waals surface area contributed by atoms with E-state index in [-0.39, 0.29) is 0 Å². The summed E-state index contributed by atoms with van der Waals surface area (Å²) < 4.78 is 0. The van der Waals surface area contributed by atoms with E-state index in [9.17, 15) is 4.79 Å². The fraction of sp³-hybridized carbons (Fsp3) is 0.250. The molecule has 74 valence electrons. The number of hydrogen-bond acceptors (Lipinski definition) is 1. The minimum atomic E-state index is -1.18. The molecule has 1 aromatic rings. The Morgan fingerprint density at radius 1 is 1.07 bits per heavy atom. The van der Waals surface area contributed by atoms with Crippen LogP contribution in [-0.4, -0.2) is 14.4 Å². The van der Waals surface area contributed by atoms with Crippen molar-refractivity contribution in [3.05, 3.63) is 35.9 Å². The van der Waals surface area contributed by atoms with Gasteiger partial charge in [-0.25, -0.2) is 0 Å². The van der Waals surface area contributed by atoms with Crippen LogP contribution in [0.5, 0.6) is 0 Å². The van der Waals surface area contributed by atoms with Crippen molar-refractivity contribution < 1.29 is 4.79 Å². The van der Waals surface area contributed by atoms with Crippen LogP contribution in [0.15, 0.2) is 30.3 Å². The summed E-state index contributed by atoms with van der Waals surface area (Å²) in [6.45, 7) is 6.97. The van der Waals surface area contributed by atoms with Crippen LogP contribution < -0.4 is 5.19 Å². The first-order valence-electron chi connectivity index (χ1n) is 4.76. The maximum atomic E-state index is 10.1. The highest BCUT2D eigenvalue weighted by Gasteiger charge is 2.14. The SMILES string of the molecule is C[Si](C)(C)c1ccc(C=CC=O)cc1. The number of hydrogen-bond donors (Lipinski definition) is 0. The van der Waals surface area contributed by atoms with E-state index < -0.39 is 8.07 Å². The van der Waals surface area contributed by atoms with E-state index in [1.165, 1.54) is 11.3 Å². The summed E-state index contributed by atoms with van der Waals surface area (Å²) in [5, 5.41) is 1.45. The summed E-state index contributed by atoms with van der Waals surface area (Å²) in [5.74, 6) is 0.